The molecule has 0 heterocycles. The van der Waals surface area contributed by atoms with Crippen molar-refractivity contribution in [3.8, 4) is 0 Å². The maximum absolute atomic E-state index is 11.2. The molecule has 0 aliphatic heterocycles. The summed E-state index contributed by atoms with van der Waals surface area (Å²) in [6.07, 6.45) is 0. The summed E-state index contributed by atoms with van der Waals surface area (Å²) in [5.41, 5.74) is 1.14. The summed E-state index contributed by atoms with van der Waals surface area (Å²) >= 11 is 5.59. The Morgan fingerprint density at radius 3 is 2.71 bits per heavy atom. The van der Waals surface area contributed by atoms with Crippen molar-refractivity contribution in [3.05, 3.63) is 35.4 Å². The van der Waals surface area contributed by atoms with Crippen molar-refractivity contribution in [1.82, 2.24) is 0 Å². The molecule has 74 valence electrons. The van der Waals surface area contributed by atoms with Gasteiger partial charge >= 0.3 is 11.9 Å². The quantitative estimate of drug-likeness (QED) is 0.429. The third-order valence-corrected chi connectivity index (χ3v) is 1.86. The van der Waals surface area contributed by atoms with E-state index < -0.39 is 11.9 Å². The van der Waals surface area contributed by atoms with E-state index in [2.05, 4.69) is 4.74 Å². The third kappa shape index (κ3) is 2.85. The highest BCUT2D eigenvalue weighted by Crippen LogP contribution is 2.08. The normalized spacial score (nSPS) is 9.57. The Labute approximate surface area is 86.6 Å². The molecule has 0 saturated carbocycles. The van der Waals surface area contributed by atoms with Crippen molar-refractivity contribution in [2.45, 2.75) is 12.8 Å². The third-order valence-electron chi connectivity index (χ3n) is 1.55. The van der Waals surface area contributed by atoms with Crippen LogP contribution in [0.2, 0.25) is 0 Å². The lowest BCUT2D eigenvalue weighted by Crippen LogP contribution is -2.09. The SMILES string of the molecule is CC(=O)OC(=O)c1cccc(CCl)c1. The smallest absolute Gasteiger partial charge is 0.345 e. The van der Waals surface area contributed by atoms with Crippen LogP contribution in [0, 0.1) is 0 Å². The van der Waals surface area contributed by atoms with Crippen LogP contribution in [0.15, 0.2) is 24.3 Å². The molecule has 0 N–H and O–H groups in total. The largest absolute Gasteiger partial charge is 0.390 e. The lowest BCUT2D eigenvalue weighted by molar-refractivity contribution is -0.135. The summed E-state index contributed by atoms with van der Waals surface area (Å²) in [6.45, 7) is 1.18. The van der Waals surface area contributed by atoms with E-state index in [0.717, 1.165) is 5.56 Å². The molecule has 0 aliphatic rings. The lowest BCUT2D eigenvalue weighted by atomic mass is 10.1. The Morgan fingerprint density at radius 1 is 1.43 bits per heavy atom. The summed E-state index contributed by atoms with van der Waals surface area (Å²) in [6, 6.07) is 6.64. The van der Waals surface area contributed by atoms with Gasteiger partial charge in [-0.1, -0.05) is 12.1 Å². The Kier molecular flexibility index (Phi) is 3.65. The molecule has 14 heavy (non-hydrogen) atoms. The van der Waals surface area contributed by atoms with Crippen LogP contribution >= 0.6 is 11.6 Å². The van der Waals surface area contributed by atoms with Gasteiger partial charge in [0.2, 0.25) is 0 Å². The van der Waals surface area contributed by atoms with Crippen LogP contribution in [0.3, 0.4) is 0 Å². The number of alkyl halides is 1. The molecule has 0 fully saturated rings. The van der Waals surface area contributed by atoms with Crippen LogP contribution in [-0.4, -0.2) is 11.9 Å². The van der Waals surface area contributed by atoms with Crippen molar-refractivity contribution in [2.75, 3.05) is 0 Å². The van der Waals surface area contributed by atoms with Gasteiger partial charge in [-0.05, 0) is 17.7 Å². The standard InChI is InChI=1S/C10H9ClO3/c1-7(12)14-10(13)9-4-2-3-8(5-9)6-11/h2-5H,6H2,1H3. The highest BCUT2D eigenvalue weighted by molar-refractivity contribution is 6.17. The molecule has 0 saturated heterocycles. The van der Waals surface area contributed by atoms with E-state index in [4.69, 9.17) is 11.6 Å². The Balaban J connectivity index is 2.84. The van der Waals surface area contributed by atoms with Gasteiger partial charge < -0.3 is 4.74 Å². The minimum atomic E-state index is -0.649. The molecule has 4 heteroatoms. The highest BCUT2D eigenvalue weighted by atomic mass is 35.5. The number of rotatable bonds is 2. The minimum absolute atomic E-state index is 0.321. The Morgan fingerprint density at radius 2 is 2.14 bits per heavy atom. The molecule has 1 rings (SSSR count). The zero-order valence-corrected chi connectivity index (χ0v) is 8.38. The summed E-state index contributed by atoms with van der Waals surface area (Å²) in [5.74, 6) is -0.947. The number of halogens is 1. The van der Waals surface area contributed by atoms with Crippen molar-refractivity contribution in [2.24, 2.45) is 0 Å². The molecule has 1 aromatic rings. The fraction of sp³-hybridized carbons (Fsp3) is 0.200. The van der Waals surface area contributed by atoms with Crippen molar-refractivity contribution in [1.29, 1.82) is 0 Å². The van der Waals surface area contributed by atoms with Crippen LogP contribution in [0.25, 0.3) is 0 Å². The highest BCUT2D eigenvalue weighted by Gasteiger charge is 2.09. The zero-order valence-electron chi connectivity index (χ0n) is 7.62. The first-order chi connectivity index (χ1) is 6.63. The fourth-order valence-electron chi connectivity index (χ4n) is 0.971. The van der Waals surface area contributed by atoms with E-state index in [0.29, 0.717) is 11.4 Å². The van der Waals surface area contributed by atoms with Gasteiger partial charge in [0, 0.05) is 12.8 Å². The zero-order chi connectivity index (χ0) is 10.6. The molecule has 1 aromatic carbocycles. The molecular formula is C10H9ClO3. The van der Waals surface area contributed by atoms with Gasteiger partial charge in [0.15, 0.2) is 0 Å². The number of carbonyl (C=O) groups is 2. The molecule has 0 spiro atoms. The van der Waals surface area contributed by atoms with E-state index in [-0.39, 0.29) is 0 Å². The lowest BCUT2D eigenvalue weighted by Gasteiger charge is -2.01. The monoisotopic (exact) mass is 212 g/mol. The predicted molar refractivity (Wildman–Crippen MR) is 52.1 cm³/mol. The first-order valence-electron chi connectivity index (χ1n) is 4.01. The number of hydrogen-bond donors (Lipinski definition) is 0. The summed E-state index contributed by atoms with van der Waals surface area (Å²) in [7, 11) is 0. The van der Waals surface area contributed by atoms with Gasteiger partial charge in [-0.25, -0.2) is 4.79 Å². The minimum Gasteiger partial charge on any atom is -0.390 e. The molecule has 0 aromatic heterocycles. The van der Waals surface area contributed by atoms with Crippen LogP contribution < -0.4 is 0 Å². The van der Waals surface area contributed by atoms with E-state index in [1.807, 2.05) is 0 Å². The van der Waals surface area contributed by atoms with Gasteiger partial charge in [-0.2, -0.15) is 0 Å². The maximum atomic E-state index is 11.2. The molecule has 0 bridgehead atoms. The van der Waals surface area contributed by atoms with Crippen LogP contribution in [0.1, 0.15) is 22.8 Å². The fourth-order valence-corrected chi connectivity index (χ4v) is 1.14. The number of benzene rings is 1. The van der Waals surface area contributed by atoms with Gasteiger partial charge in [0.05, 0.1) is 5.56 Å². The van der Waals surface area contributed by atoms with Gasteiger partial charge in [0.25, 0.3) is 0 Å². The average molecular weight is 213 g/mol. The van der Waals surface area contributed by atoms with Crippen LogP contribution in [-0.2, 0) is 15.4 Å². The van der Waals surface area contributed by atoms with Crippen LogP contribution in [0.5, 0.6) is 0 Å². The van der Waals surface area contributed by atoms with Crippen molar-refractivity contribution in [3.63, 3.8) is 0 Å². The van der Waals surface area contributed by atoms with E-state index in [1.54, 1.807) is 24.3 Å². The van der Waals surface area contributed by atoms with Crippen molar-refractivity contribution < 1.29 is 14.3 Å². The molecule has 0 unspecified atom stereocenters. The number of hydrogen-bond acceptors (Lipinski definition) is 3. The first-order valence-corrected chi connectivity index (χ1v) is 4.54. The Bertz CT molecular complexity index is 360. The molecule has 0 radical (unpaired) electrons. The summed E-state index contributed by atoms with van der Waals surface area (Å²) < 4.78 is 4.41. The van der Waals surface area contributed by atoms with Gasteiger partial charge in [0.1, 0.15) is 0 Å². The summed E-state index contributed by atoms with van der Waals surface area (Å²) in [5, 5.41) is 0. The van der Waals surface area contributed by atoms with E-state index in [1.165, 1.54) is 6.92 Å². The Hall–Kier alpha value is -1.35. The maximum Gasteiger partial charge on any atom is 0.345 e. The molecule has 0 atom stereocenters. The number of esters is 2. The average Bonchev–Trinajstić information content (AvgIpc) is 2.17. The second kappa shape index (κ2) is 4.77. The second-order valence-electron chi connectivity index (χ2n) is 2.72. The van der Waals surface area contributed by atoms with Crippen LogP contribution in [0.4, 0.5) is 0 Å². The summed E-state index contributed by atoms with van der Waals surface area (Å²) in [4.78, 5) is 21.7. The molecule has 3 nitrogen and oxygen atoms in total. The first kappa shape index (κ1) is 10.7. The molecular weight excluding hydrogens is 204 g/mol. The molecule has 0 aliphatic carbocycles. The predicted octanol–water partition coefficient (Wildman–Crippen LogP) is 2.13. The number of carbonyl (C=O) groups excluding carboxylic acids is 2. The van der Waals surface area contributed by atoms with E-state index >= 15 is 0 Å². The van der Waals surface area contributed by atoms with Crippen molar-refractivity contribution >= 4 is 23.5 Å². The van der Waals surface area contributed by atoms with Gasteiger partial charge in [-0.3, -0.25) is 4.79 Å². The number of ether oxygens (including phenoxy) is 1. The second-order valence-corrected chi connectivity index (χ2v) is 2.98. The molecule has 0 amide bonds. The topological polar surface area (TPSA) is 43.4 Å². The van der Waals surface area contributed by atoms with Gasteiger partial charge in [-0.15, -0.1) is 11.6 Å². The van der Waals surface area contributed by atoms with E-state index in [9.17, 15) is 9.59 Å².